The second kappa shape index (κ2) is 7.58. The van der Waals surface area contributed by atoms with Gasteiger partial charge in [0.2, 0.25) is 0 Å². The van der Waals surface area contributed by atoms with Crippen LogP contribution in [0.4, 0.5) is 4.39 Å². The molecule has 0 spiro atoms. The van der Waals surface area contributed by atoms with Crippen molar-refractivity contribution >= 4 is 5.91 Å². The molecule has 0 radical (unpaired) electrons. The third-order valence-electron chi connectivity index (χ3n) is 4.42. The van der Waals surface area contributed by atoms with Gasteiger partial charge in [-0.25, -0.2) is 4.39 Å². The van der Waals surface area contributed by atoms with Crippen molar-refractivity contribution in [3.8, 4) is 0 Å². The molecule has 24 heavy (non-hydrogen) atoms. The van der Waals surface area contributed by atoms with E-state index in [4.69, 9.17) is 4.74 Å². The van der Waals surface area contributed by atoms with Crippen molar-refractivity contribution < 1.29 is 13.9 Å². The van der Waals surface area contributed by atoms with Crippen LogP contribution in [0.2, 0.25) is 0 Å². The van der Waals surface area contributed by atoms with Crippen LogP contribution in [-0.2, 0) is 11.3 Å². The summed E-state index contributed by atoms with van der Waals surface area (Å²) >= 11 is 0. The number of likely N-dealkylation sites (tertiary alicyclic amines) is 1. The Kier molecular flexibility index (Phi) is 5.26. The molecule has 1 atom stereocenters. The van der Waals surface area contributed by atoms with Gasteiger partial charge in [0.05, 0.1) is 12.7 Å². The number of benzene rings is 2. The number of halogens is 1. The molecule has 0 aliphatic carbocycles. The van der Waals surface area contributed by atoms with Gasteiger partial charge in [0, 0.05) is 18.7 Å². The lowest BCUT2D eigenvalue weighted by Gasteiger charge is -2.33. The van der Waals surface area contributed by atoms with E-state index in [1.54, 1.807) is 6.07 Å². The van der Waals surface area contributed by atoms with E-state index in [-0.39, 0.29) is 17.8 Å². The number of hydrogen-bond acceptors (Lipinski definition) is 2. The first kappa shape index (κ1) is 16.7. The molecular formula is C20H22FNO2. The van der Waals surface area contributed by atoms with Crippen LogP contribution in [0.25, 0.3) is 0 Å². The monoisotopic (exact) mass is 327 g/mol. The molecule has 1 aliphatic rings. The molecule has 1 fully saturated rings. The third-order valence-corrected chi connectivity index (χ3v) is 4.42. The zero-order valence-electron chi connectivity index (χ0n) is 13.9. The lowest BCUT2D eigenvalue weighted by molar-refractivity contribution is -0.00681. The Hall–Kier alpha value is -2.20. The van der Waals surface area contributed by atoms with E-state index in [2.05, 4.69) is 0 Å². The maximum atomic E-state index is 13.2. The fraction of sp³-hybridized carbons (Fsp3) is 0.350. The molecule has 0 aromatic heterocycles. The summed E-state index contributed by atoms with van der Waals surface area (Å²) in [6.07, 6.45) is 1.84. The molecule has 126 valence electrons. The maximum absolute atomic E-state index is 13.2. The minimum atomic E-state index is -0.254. The fourth-order valence-electron chi connectivity index (χ4n) is 3.08. The van der Waals surface area contributed by atoms with E-state index in [9.17, 15) is 9.18 Å². The first-order chi connectivity index (χ1) is 11.6. The third kappa shape index (κ3) is 4.01. The molecule has 4 heteroatoms. The summed E-state index contributed by atoms with van der Waals surface area (Å²) in [5, 5.41) is 0. The topological polar surface area (TPSA) is 29.5 Å². The van der Waals surface area contributed by atoms with Gasteiger partial charge in [0.15, 0.2) is 0 Å². The van der Waals surface area contributed by atoms with Crippen molar-refractivity contribution in [3.63, 3.8) is 0 Å². The van der Waals surface area contributed by atoms with E-state index in [0.29, 0.717) is 13.2 Å². The van der Waals surface area contributed by atoms with Gasteiger partial charge >= 0.3 is 0 Å². The Balaban J connectivity index is 1.60. The van der Waals surface area contributed by atoms with Crippen molar-refractivity contribution in [2.45, 2.75) is 32.5 Å². The zero-order chi connectivity index (χ0) is 16.9. The average Bonchev–Trinajstić information content (AvgIpc) is 2.60. The van der Waals surface area contributed by atoms with Gasteiger partial charge in [0.1, 0.15) is 5.82 Å². The predicted molar refractivity (Wildman–Crippen MR) is 91.3 cm³/mol. The van der Waals surface area contributed by atoms with Gasteiger partial charge in [0.25, 0.3) is 5.91 Å². The Morgan fingerprint density at radius 2 is 2.08 bits per heavy atom. The number of amides is 1. The summed E-state index contributed by atoms with van der Waals surface area (Å²) in [5.74, 6) is -0.191. The van der Waals surface area contributed by atoms with Gasteiger partial charge in [-0.2, -0.15) is 0 Å². The molecule has 1 heterocycles. The minimum absolute atomic E-state index is 0.00464. The number of aryl methyl sites for hydroxylation is 1. The quantitative estimate of drug-likeness (QED) is 0.851. The number of ether oxygens (including phenoxy) is 1. The summed E-state index contributed by atoms with van der Waals surface area (Å²) in [4.78, 5) is 14.6. The second-order valence-corrected chi connectivity index (χ2v) is 6.27. The SMILES string of the molecule is Cc1ccccc1C(=O)N1CCCC(OCc2cccc(F)c2)C1. The van der Waals surface area contributed by atoms with Crippen molar-refractivity contribution in [2.75, 3.05) is 13.1 Å². The van der Waals surface area contributed by atoms with Crippen molar-refractivity contribution in [1.82, 2.24) is 4.90 Å². The Bertz CT molecular complexity index is 716. The first-order valence-corrected chi connectivity index (χ1v) is 8.34. The molecule has 0 saturated carbocycles. The number of carbonyl (C=O) groups is 1. The summed E-state index contributed by atoms with van der Waals surface area (Å²) in [7, 11) is 0. The second-order valence-electron chi connectivity index (χ2n) is 6.27. The Labute approximate surface area is 142 Å². The number of hydrogen-bond donors (Lipinski definition) is 0. The van der Waals surface area contributed by atoms with E-state index in [1.807, 2.05) is 42.2 Å². The smallest absolute Gasteiger partial charge is 0.254 e. The highest BCUT2D eigenvalue weighted by atomic mass is 19.1. The number of nitrogens with zero attached hydrogens (tertiary/aromatic N) is 1. The standard InChI is InChI=1S/C20H22FNO2/c1-15-6-2-3-10-19(15)20(23)22-11-5-9-18(13-22)24-14-16-7-4-8-17(21)12-16/h2-4,6-8,10,12,18H,5,9,11,13-14H2,1H3. The normalized spacial score (nSPS) is 17.8. The van der Waals surface area contributed by atoms with Crippen LogP contribution in [0.1, 0.15) is 34.3 Å². The molecule has 3 nitrogen and oxygen atoms in total. The van der Waals surface area contributed by atoms with Crippen LogP contribution < -0.4 is 0 Å². The highest BCUT2D eigenvalue weighted by Gasteiger charge is 2.25. The average molecular weight is 327 g/mol. The van der Waals surface area contributed by atoms with Crippen molar-refractivity contribution in [2.24, 2.45) is 0 Å². The molecule has 2 aromatic rings. The van der Waals surface area contributed by atoms with E-state index in [0.717, 1.165) is 36.1 Å². The van der Waals surface area contributed by atoms with E-state index in [1.165, 1.54) is 12.1 Å². The molecule has 0 bridgehead atoms. The maximum Gasteiger partial charge on any atom is 0.254 e. The zero-order valence-corrected chi connectivity index (χ0v) is 13.9. The van der Waals surface area contributed by atoms with Crippen LogP contribution in [0.5, 0.6) is 0 Å². The molecule has 1 unspecified atom stereocenters. The number of rotatable bonds is 4. The lowest BCUT2D eigenvalue weighted by atomic mass is 10.0. The van der Waals surface area contributed by atoms with Crippen LogP contribution in [0, 0.1) is 12.7 Å². The summed E-state index contributed by atoms with van der Waals surface area (Å²) in [6.45, 7) is 3.67. The summed E-state index contributed by atoms with van der Waals surface area (Å²) < 4.78 is 19.1. The molecular weight excluding hydrogens is 305 g/mol. The van der Waals surface area contributed by atoms with Crippen LogP contribution in [0.3, 0.4) is 0 Å². The van der Waals surface area contributed by atoms with Gasteiger partial charge in [-0.15, -0.1) is 0 Å². The Morgan fingerprint density at radius 3 is 2.88 bits per heavy atom. The van der Waals surface area contributed by atoms with Crippen molar-refractivity contribution in [1.29, 1.82) is 0 Å². The molecule has 1 aliphatic heterocycles. The highest BCUT2D eigenvalue weighted by molar-refractivity contribution is 5.95. The predicted octanol–water partition coefficient (Wildman–Crippen LogP) is 3.96. The van der Waals surface area contributed by atoms with Gasteiger partial charge in [-0.3, -0.25) is 4.79 Å². The number of carbonyl (C=O) groups excluding carboxylic acids is 1. The number of piperidine rings is 1. The summed E-state index contributed by atoms with van der Waals surface area (Å²) in [6, 6.07) is 14.1. The van der Waals surface area contributed by atoms with Gasteiger partial charge in [-0.05, 0) is 49.1 Å². The molecule has 1 amide bonds. The highest BCUT2D eigenvalue weighted by Crippen LogP contribution is 2.19. The minimum Gasteiger partial charge on any atom is -0.372 e. The molecule has 3 rings (SSSR count). The molecule has 0 N–H and O–H groups in total. The van der Waals surface area contributed by atoms with E-state index >= 15 is 0 Å². The molecule has 2 aromatic carbocycles. The van der Waals surface area contributed by atoms with Crippen molar-refractivity contribution in [3.05, 3.63) is 71.0 Å². The Morgan fingerprint density at radius 1 is 1.25 bits per heavy atom. The van der Waals surface area contributed by atoms with Gasteiger partial charge < -0.3 is 9.64 Å². The largest absolute Gasteiger partial charge is 0.372 e. The van der Waals surface area contributed by atoms with Crippen LogP contribution >= 0.6 is 0 Å². The lowest BCUT2D eigenvalue weighted by Crippen LogP contribution is -2.43. The summed E-state index contributed by atoms with van der Waals surface area (Å²) in [5.41, 5.74) is 2.56. The van der Waals surface area contributed by atoms with Crippen LogP contribution in [-0.4, -0.2) is 30.0 Å². The van der Waals surface area contributed by atoms with E-state index < -0.39 is 0 Å². The first-order valence-electron chi connectivity index (χ1n) is 8.34. The molecule has 1 saturated heterocycles. The fourth-order valence-corrected chi connectivity index (χ4v) is 3.08. The van der Waals surface area contributed by atoms with Gasteiger partial charge in [-0.1, -0.05) is 30.3 Å². The van der Waals surface area contributed by atoms with Crippen LogP contribution in [0.15, 0.2) is 48.5 Å².